The summed E-state index contributed by atoms with van der Waals surface area (Å²) in [6.45, 7) is 3.24. The molecule has 0 radical (unpaired) electrons. The van der Waals surface area contributed by atoms with Crippen LogP contribution in [0.3, 0.4) is 0 Å². The number of aliphatic hydroxyl groups excluding tert-OH is 1. The average Bonchev–Trinajstić information content (AvgIpc) is 2.77. The summed E-state index contributed by atoms with van der Waals surface area (Å²) in [4.78, 5) is 8.59. The fraction of sp³-hybridized carbons (Fsp3) is 0.500. The molecule has 0 aromatic carbocycles. The molecular formula is C12H17N3OS2. The van der Waals surface area contributed by atoms with Crippen LogP contribution in [0.1, 0.15) is 12.0 Å². The maximum atomic E-state index is 8.68. The number of rotatable bonds is 7. The molecule has 0 spiro atoms. The van der Waals surface area contributed by atoms with Crippen molar-refractivity contribution in [1.82, 2.24) is 9.97 Å². The van der Waals surface area contributed by atoms with Crippen molar-refractivity contribution in [3.8, 4) is 0 Å². The molecule has 2 aromatic rings. The number of nitrogens with one attached hydrogen (secondary N) is 1. The molecule has 0 saturated heterocycles. The first-order valence-electron chi connectivity index (χ1n) is 5.94. The minimum atomic E-state index is 0.279. The molecule has 18 heavy (non-hydrogen) atoms. The van der Waals surface area contributed by atoms with Crippen LogP contribution in [-0.4, -0.2) is 39.7 Å². The molecule has 98 valence electrons. The Balaban J connectivity index is 1.88. The third-order valence-electron chi connectivity index (χ3n) is 2.52. The Bertz CT molecular complexity index is 501. The van der Waals surface area contributed by atoms with Gasteiger partial charge in [-0.05, 0) is 30.0 Å². The summed E-state index contributed by atoms with van der Waals surface area (Å²) in [5, 5.41) is 14.1. The first kappa shape index (κ1) is 13.6. The van der Waals surface area contributed by atoms with Crippen LogP contribution in [0.2, 0.25) is 0 Å². The molecule has 0 aliphatic carbocycles. The highest BCUT2D eigenvalue weighted by Crippen LogP contribution is 2.28. The summed E-state index contributed by atoms with van der Waals surface area (Å²) < 4.78 is 1.13. The quantitative estimate of drug-likeness (QED) is 0.765. The predicted molar refractivity (Wildman–Crippen MR) is 79.7 cm³/mol. The SMILES string of the molecule is Cc1csc2c(NCCSCCCO)ncnc12. The van der Waals surface area contributed by atoms with E-state index in [1.807, 2.05) is 11.8 Å². The Morgan fingerprint density at radius 3 is 3.11 bits per heavy atom. The van der Waals surface area contributed by atoms with Crippen molar-refractivity contribution in [2.24, 2.45) is 0 Å². The van der Waals surface area contributed by atoms with Crippen LogP contribution in [-0.2, 0) is 0 Å². The normalized spacial score (nSPS) is 11.0. The van der Waals surface area contributed by atoms with Gasteiger partial charge in [0.15, 0.2) is 0 Å². The Hall–Kier alpha value is -0.850. The Kier molecular flexibility index (Phi) is 5.22. The van der Waals surface area contributed by atoms with E-state index in [9.17, 15) is 0 Å². The monoisotopic (exact) mass is 283 g/mol. The highest BCUT2D eigenvalue weighted by molar-refractivity contribution is 7.99. The van der Waals surface area contributed by atoms with Gasteiger partial charge in [0.1, 0.15) is 12.1 Å². The van der Waals surface area contributed by atoms with E-state index < -0.39 is 0 Å². The standard InChI is InChI=1S/C12H17N3OS2/c1-9-7-18-11-10(9)14-8-15-12(11)13-3-6-17-5-2-4-16/h7-8,16H,2-6H2,1H3,(H,13,14,15). The topological polar surface area (TPSA) is 58.0 Å². The molecule has 0 amide bonds. The molecular weight excluding hydrogens is 266 g/mol. The van der Waals surface area contributed by atoms with Gasteiger partial charge in [-0.15, -0.1) is 11.3 Å². The van der Waals surface area contributed by atoms with Crippen molar-refractivity contribution < 1.29 is 5.11 Å². The van der Waals surface area contributed by atoms with Gasteiger partial charge in [-0.3, -0.25) is 0 Å². The molecule has 0 aliphatic rings. The molecule has 0 atom stereocenters. The number of aryl methyl sites for hydroxylation is 1. The number of aromatic nitrogens is 2. The zero-order valence-electron chi connectivity index (χ0n) is 10.3. The highest BCUT2D eigenvalue weighted by atomic mass is 32.2. The van der Waals surface area contributed by atoms with Crippen LogP contribution < -0.4 is 5.32 Å². The molecule has 0 bridgehead atoms. The molecule has 6 heteroatoms. The van der Waals surface area contributed by atoms with Crippen molar-refractivity contribution >= 4 is 39.1 Å². The lowest BCUT2D eigenvalue weighted by atomic mass is 10.3. The molecule has 0 fully saturated rings. The van der Waals surface area contributed by atoms with Gasteiger partial charge in [0.2, 0.25) is 0 Å². The molecule has 2 N–H and O–H groups in total. The summed E-state index contributed by atoms with van der Waals surface area (Å²) in [6, 6.07) is 0. The lowest BCUT2D eigenvalue weighted by molar-refractivity contribution is 0.296. The van der Waals surface area contributed by atoms with Gasteiger partial charge in [0.05, 0.1) is 10.2 Å². The summed E-state index contributed by atoms with van der Waals surface area (Å²) in [5.74, 6) is 2.96. The zero-order valence-corrected chi connectivity index (χ0v) is 12.0. The highest BCUT2D eigenvalue weighted by Gasteiger charge is 2.06. The van der Waals surface area contributed by atoms with Gasteiger partial charge < -0.3 is 10.4 Å². The second-order valence-corrected chi connectivity index (χ2v) is 6.04. The summed E-state index contributed by atoms with van der Waals surface area (Å²) in [6.07, 6.45) is 2.48. The molecule has 2 heterocycles. The van der Waals surface area contributed by atoms with Gasteiger partial charge in [0.25, 0.3) is 0 Å². The van der Waals surface area contributed by atoms with E-state index in [1.54, 1.807) is 17.7 Å². The number of aliphatic hydroxyl groups is 1. The van der Waals surface area contributed by atoms with Crippen LogP contribution in [0.15, 0.2) is 11.7 Å². The van der Waals surface area contributed by atoms with E-state index >= 15 is 0 Å². The number of hydrogen-bond donors (Lipinski definition) is 2. The second-order valence-electron chi connectivity index (χ2n) is 3.94. The summed E-state index contributed by atoms with van der Waals surface area (Å²) in [7, 11) is 0. The van der Waals surface area contributed by atoms with Crippen LogP contribution in [0.5, 0.6) is 0 Å². The van der Waals surface area contributed by atoms with Crippen molar-refractivity contribution in [2.75, 3.05) is 30.0 Å². The minimum absolute atomic E-state index is 0.279. The Morgan fingerprint density at radius 1 is 1.39 bits per heavy atom. The van der Waals surface area contributed by atoms with E-state index in [0.29, 0.717) is 0 Å². The number of fused-ring (bicyclic) bond motifs is 1. The molecule has 2 aromatic heterocycles. The van der Waals surface area contributed by atoms with E-state index in [0.717, 1.165) is 40.5 Å². The van der Waals surface area contributed by atoms with Gasteiger partial charge in [0, 0.05) is 18.9 Å². The molecule has 0 saturated carbocycles. The van der Waals surface area contributed by atoms with Crippen LogP contribution in [0.4, 0.5) is 5.82 Å². The number of hydrogen-bond acceptors (Lipinski definition) is 6. The number of thiophene rings is 1. The first-order chi connectivity index (χ1) is 8.83. The Labute approximate surface area is 115 Å². The summed E-state index contributed by atoms with van der Waals surface area (Å²) >= 11 is 3.53. The maximum absolute atomic E-state index is 8.68. The van der Waals surface area contributed by atoms with Crippen LogP contribution in [0, 0.1) is 6.92 Å². The van der Waals surface area contributed by atoms with Crippen molar-refractivity contribution in [1.29, 1.82) is 0 Å². The van der Waals surface area contributed by atoms with Crippen molar-refractivity contribution in [2.45, 2.75) is 13.3 Å². The number of nitrogens with zero attached hydrogens (tertiary/aromatic N) is 2. The summed E-state index contributed by atoms with van der Waals surface area (Å²) in [5.41, 5.74) is 2.25. The lowest BCUT2D eigenvalue weighted by Crippen LogP contribution is -2.06. The van der Waals surface area contributed by atoms with E-state index in [1.165, 1.54) is 5.56 Å². The van der Waals surface area contributed by atoms with Gasteiger partial charge in [-0.1, -0.05) is 0 Å². The van der Waals surface area contributed by atoms with E-state index in [-0.39, 0.29) is 6.61 Å². The first-order valence-corrected chi connectivity index (χ1v) is 7.97. The molecule has 0 aliphatic heterocycles. The fourth-order valence-electron chi connectivity index (χ4n) is 1.61. The largest absolute Gasteiger partial charge is 0.396 e. The smallest absolute Gasteiger partial charge is 0.147 e. The molecule has 2 rings (SSSR count). The van der Waals surface area contributed by atoms with Gasteiger partial charge >= 0.3 is 0 Å². The lowest BCUT2D eigenvalue weighted by Gasteiger charge is -2.05. The fourth-order valence-corrected chi connectivity index (χ4v) is 3.36. The van der Waals surface area contributed by atoms with Gasteiger partial charge in [-0.2, -0.15) is 11.8 Å². The minimum Gasteiger partial charge on any atom is -0.396 e. The van der Waals surface area contributed by atoms with Crippen molar-refractivity contribution in [3.05, 3.63) is 17.3 Å². The van der Waals surface area contributed by atoms with Crippen LogP contribution in [0.25, 0.3) is 10.2 Å². The van der Waals surface area contributed by atoms with Gasteiger partial charge in [-0.25, -0.2) is 9.97 Å². The second kappa shape index (κ2) is 6.92. The van der Waals surface area contributed by atoms with Crippen LogP contribution >= 0.6 is 23.1 Å². The third kappa shape index (κ3) is 3.34. The average molecular weight is 283 g/mol. The Morgan fingerprint density at radius 2 is 2.28 bits per heavy atom. The van der Waals surface area contributed by atoms with E-state index in [2.05, 4.69) is 27.6 Å². The molecule has 4 nitrogen and oxygen atoms in total. The maximum Gasteiger partial charge on any atom is 0.147 e. The number of thioether (sulfide) groups is 1. The van der Waals surface area contributed by atoms with E-state index in [4.69, 9.17) is 5.11 Å². The number of anilines is 1. The third-order valence-corrected chi connectivity index (χ3v) is 4.68. The van der Waals surface area contributed by atoms with Crippen molar-refractivity contribution in [3.63, 3.8) is 0 Å². The predicted octanol–water partition coefficient (Wildman–Crippen LogP) is 2.53. The zero-order chi connectivity index (χ0) is 12.8. The molecule has 0 unspecified atom stereocenters.